The molecular formula is C14H19NO3S. The first kappa shape index (κ1) is 14.1. The Balaban J connectivity index is 2.02. The fourth-order valence-electron chi connectivity index (χ4n) is 2.55. The molecule has 2 heterocycles. The lowest BCUT2D eigenvalue weighted by molar-refractivity contribution is -0.153. The number of carbonyl (C=O) groups excluding carboxylic acids is 1. The maximum Gasteiger partial charge on any atom is 0.326 e. The number of aliphatic carboxylic acids is 1. The summed E-state index contributed by atoms with van der Waals surface area (Å²) < 4.78 is 0. The second-order valence-corrected chi connectivity index (χ2v) is 6.10. The summed E-state index contributed by atoms with van der Waals surface area (Å²) in [5.41, 5.74) is 0. The normalized spacial score (nSPS) is 21.1. The lowest BCUT2D eigenvalue weighted by Gasteiger charge is -2.34. The summed E-state index contributed by atoms with van der Waals surface area (Å²) in [6.07, 6.45) is 3.06. The zero-order valence-electron chi connectivity index (χ0n) is 11.0. The Hall–Kier alpha value is -1.36. The van der Waals surface area contributed by atoms with Crippen LogP contribution in [0.3, 0.4) is 0 Å². The molecule has 1 unspecified atom stereocenters. The van der Waals surface area contributed by atoms with Gasteiger partial charge in [-0.25, -0.2) is 4.79 Å². The molecule has 1 amide bonds. The standard InChI is InChI=1S/C14H19NO3S/c1-10(9-11-5-4-8-19-11)13(16)15-7-3-2-6-12(15)14(17)18/h4-5,8,10,12H,2-3,6-7,9H2,1H3,(H,17,18)/t10?,12-/m1/s1. The zero-order valence-corrected chi connectivity index (χ0v) is 11.9. The van der Waals surface area contributed by atoms with E-state index in [1.165, 1.54) is 4.88 Å². The van der Waals surface area contributed by atoms with Crippen molar-refractivity contribution in [3.05, 3.63) is 22.4 Å². The molecule has 5 heteroatoms. The molecule has 0 spiro atoms. The Bertz CT molecular complexity index is 444. The lowest BCUT2D eigenvalue weighted by Crippen LogP contribution is -2.50. The zero-order chi connectivity index (χ0) is 13.8. The lowest BCUT2D eigenvalue weighted by atomic mass is 9.98. The van der Waals surface area contributed by atoms with Crippen molar-refractivity contribution in [1.82, 2.24) is 4.90 Å². The van der Waals surface area contributed by atoms with E-state index in [4.69, 9.17) is 0 Å². The maximum atomic E-state index is 12.4. The van der Waals surface area contributed by atoms with Gasteiger partial charge in [0.15, 0.2) is 0 Å². The average molecular weight is 281 g/mol. The summed E-state index contributed by atoms with van der Waals surface area (Å²) >= 11 is 1.64. The van der Waals surface area contributed by atoms with Crippen molar-refractivity contribution in [2.75, 3.05) is 6.54 Å². The Kier molecular flexibility index (Phi) is 4.58. The number of hydrogen-bond acceptors (Lipinski definition) is 3. The van der Waals surface area contributed by atoms with E-state index in [2.05, 4.69) is 0 Å². The highest BCUT2D eigenvalue weighted by Gasteiger charge is 2.33. The van der Waals surface area contributed by atoms with Gasteiger partial charge >= 0.3 is 5.97 Å². The van der Waals surface area contributed by atoms with Gasteiger partial charge in [0.05, 0.1) is 0 Å². The van der Waals surface area contributed by atoms with Gasteiger partial charge < -0.3 is 10.0 Å². The van der Waals surface area contributed by atoms with Crippen LogP contribution >= 0.6 is 11.3 Å². The second-order valence-electron chi connectivity index (χ2n) is 5.07. The van der Waals surface area contributed by atoms with Crippen molar-refractivity contribution in [3.8, 4) is 0 Å². The molecule has 0 bridgehead atoms. The van der Waals surface area contributed by atoms with Crippen LogP contribution in [0.25, 0.3) is 0 Å². The molecule has 1 aliphatic rings. The van der Waals surface area contributed by atoms with Crippen molar-refractivity contribution in [3.63, 3.8) is 0 Å². The largest absolute Gasteiger partial charge is 0.480 e. The number of likely N-dealkylation sites (tertiary alicyclic amines) is 1. The molecule has 0 radical (unpaired) electrons. The van der Waals surface area contributed by atoms with Gasteiger partial charge in [0.1, 0.15) is 6.04 Å². The number of amides is 1. The first-order valence-electron chi connectivity index (χ1n) is 6.65. The highest BCUT2D eigenvalue weighted by Crippen LogP contribution is 2.22. The molecule has 104 valence electrons. The highest BCUT2D eigenvalue weighted by molar-refractivity contribution is 7.09. The minimum absolute atomic E-state index is 0.0273. The third kappa shape index (κ3) is 3.35. The van der Waals surface area contributed by atoms with Gasteiger partial charge in [-0.1, -0.05) is 13.0 Å². The number of hydrogen-bond donors (Lipinski definition) is 1. The van der Waals surface area contributed by atoms with Crippen LogP contribution in [0.2, 0.25) is 0 Å². The van der Waals surface area contributed by atoms with E-state index in [1.807, 2.05) is 24.4 Å². The van der Waals surface area contributed by atoms with Crippen LogP contribution in [0.5, 0.6) is 0 Å². The molecule has 0 aromatic carbocycles. The second kappa shape index (κ2) is 6.19. The highest BCUT2D eigenvalue weighted by atomic mass is 32.1. The number of nitrogens with zero attached hydrogens (tertiary/aromatic N) is 1. The Morgan fingerprint density at radius 2 is 2.32 bits per heavy atom. The first-order valence-corrected chi connectivity index (χ1v) is 7.53. The number of carboxylic acids is 1. The van der Waals surface area contributed by atoms with Crippen LogP contribution < -0.4 is 0 Å². The third-order valence-electron chi connectivity index (χ3n) is 3.58. The van der Waals surface area contributed by atoms with E-state index in [0.717, 1.165) is 12.8 Å². The van der Waals surface area contributed by atoms with Crippen LogP contribution in [-0.2, 0) is 16.0 Å². The fraction of sp³-hybridized carbons (Fsp3) is 0.571. The molecule has 1 saturated heterocycles. The summed E-state index contributed by atoms with van der Waals surface area (Å²) in [7, 11) is 0. The van der Waals surface area contributed by atoms with E-state index in [0.29, 0.717) is 19.4 Å². The van der Waals surface area contributed by atoms with E-state index < -0.39 is 12.0 Å². The third-order valence-corrected chi connectivity index (χ3v) is 4.48. The molecule has 2 atom stereocenters. The average Bonchev–Trinajstić information content (AvgIpc) is 2.90. The minimum atomic E-state index is -0.878. The van der Waals surface area contributed by atoms with Crippen molar-refractivity contribution in [1.29, 1.82) is 0 Å². The molecular weight excluding hydrogens is 262 g/mol. The topological polar surface area (TPSA) is 57.6 Å². The van der Waals surface area contributed by atoms with Gasteiger partial charge in [-0.05, 0) is 37.1 Å². The molecule has 1 aliphatic heterocycles. The quantitative estimate of drug-likeness (QED) is 0.922. The summed E-state index contributed by atoms with van der Waals surface area (Å²) in [6.45, 7) is 2.46. The molecule has 1 fully saturated rings. The van der Waals surface area contributed by atoms with Crippen LogP contribution in [0, 0.1) is 5.92 Å². The van der Waals surface area contributed by atoms with E-state index in [9.17, 15) is 14.7 Å². The Labute approximate surface area is 117 Å². The number of rotatable bonds is 4. The van der Waals surface area contributed by atoms with Crippen molar-refractivity contribution in [2.24, 2.45) is 5.92 Å². The molecule has 1 aromatic heterocycles. The molecule has 19 heavy (non-hydrogen) atoms. The van der Waals surface area contributed by atoms with Crippen molar-refractivity contribution >= 4 is 23.2 Å². The molecule has 0 saturated carbocycles. The predicted molar refractivity (Wildman–Crippen MR) is 74.2 cm³/mol. The molecule has 1 N–H and O–H groups in total. The fourth-order valence-corrected chi connectivity index (χ4v) is 3.39. The van der Waals surface area contributed by atoms with E-state index >= 15 is 0 Å². The van der Waals surface area contributed by atoms with Gasteiger partial charge in [-0.2, -0.15) is 0 Å². The van der Waals surface area contributed by atoms with Crippen LogP contribution in [0.1, 0.15) is 31.1 Å². The molecule has 4 nitrogen and oxygen atoms in total. The van der Waals surface area contributed by atoms with Gasteiger partial charge in [0, 0.05) is 17.3 Å². The number of carboxylic acid groups (broad SMARTS) is 1. The monoisotopic (exact) mass is 281 g/mol. The predicted octanol–water partition coefficient (Wildman–Crippen LogP) is 2.39. The molecule has 1 aromatic rings. The Morgan fingerprint density at radius 1 is 1.53 bits per heavy atom. The first-order chi connectivity index (χ1) is 9.09. The maximum absolute atomic E-state index is 12.4. The van der Waals surface area contributed by atoms with Crippen LogP contribution in [0.4, 0.5) is 0 Å². The summed E-state index contributed by atoms with van der Waals surface area (Å²) in [4.78, 5) is 26.4. The van der Waals surface area contributed by atoms with Gasteiger partial charge in [0.25, 0.3) is 0 Å². The SMILES string of the molecule is CC(Cc1cccs1)C(=O)N1CCCC[C@@H]1C(=O)O. The molecule has 2 rings (SSSR count). The summed E-state index contributed by atoms with van der Waals surface area (Å²) in [5, 5.41) is 11.2. The van der Waals surface area contributed by atoms with E-state index in [1.54, 1.807) is 16.2 Å². The van der Waals surface area contributed by atoms with Crippen LogP contribution in [0.15, 0.2) is 17.5 Å². The van der Waals surface area contributed by atoms with Crippen molar-refractivity contribution in [2.45, 2.75) is 38.6 Å². The van der Waals surface area contributed by atoms with Gasteiger partial charge in [0.2, 0.25) is 5.91 Å². The number of thiophene rings is 1. The van der Waals surface area contributed by atoms with E-state index in [-0.39, 0.29) is 11.8 Å². The Morgan fingerprint density at radius 3 is 2.95 bits per heavy atom. The summed E-state index contributed by atoms with van der Waals surface area (Å²) in [6, 6.07) is 3.35. The molecule has 0 aliphatic carbocycles. The summed E-state index contributed by atoms with van der Waals surface area (Å²) in [5.74, 6) is -1.06. The van der Waals surface area contributed by atoms with Gasteiger partial charge in [-0.15, -0.1) is 11.3 Å². The van der Waals surface area contributed by atoms with Gasteiger partial charge in [-0.3, -0.25) is 4.79 Å². The smallest absolute Gasteiger partial charge is 0.326 e. The minimum Gasteiger partial charge on any atom is -0.480 e. The van der Waals surface area contributed by atoms with Crippen molar-refractivity contribution < 1.29 is 14.7 Å². The number of carbonyl (C=O) groups is 2. The number of piperidine rings is 1. The van der Waals surface area contributed by atoms with Crippen LogP contribution in [-0.4, -0.2) is 34.5 Å².